The van der Waals surface area contributed by atoms with E-state index in [0.717, 1.165) is 0 Å². The Bertz CT molecular complexity index is 444. The second kappa shape index (κ2) is 5.79. The number of carbonyl (C=O) groups excluding carboxylic acids is 1. The number of phenols is 1. The van der Waals surface area contributed by atoms with Crippen LogP contribution >= 0.6 is 0 Å². The van der Waals surface area contributed by atoms with Crippen LogP contribution in [-0.4, -0.2) is 25.0 Å². The summed E-state index contributed by atoms with van der Waals surface area (Å²) in [6.45, 7) is 0.471. The third kappa shape index (κ3) is 2.75. The summed E-state index contributed by atoms with van der Waals surface area (Å²) >= 11 is 0. The van der Waals surface area contributed by atoms with Gasteiger partial charge >= 0.3 is 0 Å². The Hall–Kier alpha value is -1.99. The van der Waals surface area contributed by atoms with Crippen molar-refractivity contribution in [1.82, 2.24) is 0 Å². The van der Waals surface area contributed by atoms with Crippen molar-refractivity contribution in [2.75, 3.05) is 13.7 Å². The summed E-state index contributed by atoms with van der Waals surface area (Å²) in [6, 6.07) is 2.86. The lowest BCUT2D eigenvalue weighted by Crippen LogP contribution is -1.96. The molecule has 0 fully saturated rings. The molecule has 0 saturated heterocycles. The third-order valence-electron chi connectivity index (χ3n) is 1.97. The van der Waals surface area contributed by atoms with Crippen LogP contribution in [0, 0.1) is 11.8 Å². The summed E-state index contributed by atoms with van der Waals surface area (Å²) < 4.78 is 4.93. The predicted octanol–water partition coefficient (Wildman–Crippen LogP) is 0.914. The van der Waals surface area contributed by atoms with Crippen LogP contribution in [-0.2, 0) is 0 Å². The Labute approximate surface area is 94.0 Å². The van der Waals surface area contributed by atoms with Crippen molar-refractivity contribution in [1.29, 1.82) is 0 Å². The molecule has 0 aliphatic heterocycles. The topological polar surface area (TPSA) is 72.5 Å². The number of nitrogens with two attached hydrogens (primary N) is 1. The number of methoxy groups -OCH3 is 1. The molecule has 0 aliphatic rings. The number of rotatable bonds is 3. The lowest BCUT2D eigenvalue weighted by atomic mass is 10.1. The summed E-state index contributed by atoms with van der Waals surface area (Å²) in [4.78, 5) is 10.8. The van der Waals surface area contributed by atoms with Gasteiger partial charge in [0.05, 0.1) is 7.11 Å². The minimum Gasteiger partial charge on any atom is -0.504 e. The minimum absolute atomic E-state index is 0.0750. The van der Waals surface area contributed by atoms with Crippen molar-refractivity contribution >= 4 is 6.29 Å². The number of hydrogen-bond acceptors (Lipinski definition) is 4. The Morgan fingerprint density at radius 3 is 2.88 bits per heavy atom. The van der Waals surface area contributed by atoms with E-state index in [1.807, 2.05) is 0 Å². The highest BCUT2D eigenvalue weighted by Gasteiger charge is 2.07. The number of aldehydes is 1. The van der Waals surface area contributed by atoms with Gasteiger partial charge in [0, 0.05) is 30.2 Å². The summed E-state index contributed by atoms with van der Waals surface area (Å²) in [6.07, 6.45) is 1.20. The second-order valence-corrected chi connectivity index (χ2v) is 3.07. The molecule has 1 rings (SSSR count). The quantitative estimate of drug-likeness (QED) is 0.585. The van der Waals surface area contributed by atoms with E-state index in [-0.39, 0.29) is 5.75 Å². The van der Waals surface area contributed by atoms with E-state index in [2.05, 4.69) is 11.8 Å². The maximum absolute atomic E-state index is 10.8. The first-order valence-corrected chi connectivity index (χ1v) is 4.78. The predicted molar refractivity (Wildman–Crippen MR) is 60.6 cm³/mol. The molecule has 1 aromatic carbocycles. The van der Waals surface area contributed by atoms with Gasteiger partial charge in [-0.25, -0.2) is 0 Å². The third-order valence-corrected chi connectivity index (χ3v) is 1.97. The zero-order valence-electron chi connectivity index (χ0n) is 8.99. The van der Waals surface area contributed by atoms with Crippen LogP contribution < -0.4 is 10.5 Å². The molecule has 0 unspecified atom stereocenters. The number of carbonyl (C=O) groups is 1. The fourth-order valence-corrected chi connectivity index (χ4v) is 1.18. The van der Waals surface area contributed by atoms with Crippen molar-refractivity contribution in [3.8, 4) is 23.3 Å². The molecular weight excluding hydrogens is 206 g/mol. The lowest BCUT2D eigenvalue weighted by Gasteiger charge is -2.05. The summed E-state index contributed by atoms with van der Waals surface area (Å²) in [5, 5.41) is 9.47. The van der Waals surface area contributed by atoms with Gasteiger partial charge in [-0.1, -0.05) is 11.8 Å². The van der Waals surface area contributed by atoms with E-state index < -0.39 is 0 Å². The Kier molecular flexibility index (Phi) is 4.37. The normalized spacial score (nSPS) is 9.12. The van der Waals surface area contributed by atoms with Gasteiger partial charge in [0.2, 0.25) is 0 Å². The molecule has 0 saturated carbocycles. The molecule has 4 nitrogen and oxygen atoms in total. The molecule has 0 amide bonds. The molecule has 0 radical (unpaired) electrons. The van der Waals surface area contributed by atoms with Gasteiger partial charge in [0.15, 0.2) is 17.8 Å². The lowest BCUT2D eigenvalue weighted by molar-refractivity contribution is 0.112. The Morgan fingerprint density at radius 2 is 2.31 bits per heavy atom. The molecule has 0 atom stereocenters. The molecule has 16 heavy (non-hydrogen) atoms. The zero-order chi connectivity index (χ0) is 12.0. The first-order valence-electron chi connectivity index (χ1n) is 4.78. The van der Waals surface area contributed by atoms with Crippen molar-refractivity contribution < 1.29 is 14.6 Å². The fraction of sp³-hybridized carbons (Fsp3) is 0.250. The van der Waals surface area contributed by atoms with Gasteiger partial charge in [0.25, 0.3) is 0 Å². The highest BCUT2D eigenvalue weighted by Crippen LogP contribution is 2.28. The number of aromatic hydroxyl groups is 1. The van der Waals surface area contributed by atoms with Crippen molar-refractivity contribution in [2.45, 2.75) is 6.42 Å². The van der Waals surface area contributed by atoms with E-state index in [1.54, 1.807) is 0 Å². The average Bonchev–Trinajstić information content (AvgIpc) is 2.30. The second-order valence-electron chi connectivity index (χ2n) is 3.07. The smallest absolute Gasteiger partial charge is 0.161 e. The molecule has 0 aromatic heterocycles. The Morgan fingerprint density at radius 1 is 1.56 bits per heavy atom. The maximum atomic E-state index is 10.8. The number of hydrogen-bond donors (Lipinski definition) is 2. The minimum atomic E-state index is -0.0750. The SMILES string of the molecule is COc1cc(C#CCCN)c(C=O)cc1O. The molecule has 0 spiro atoms. The zero-order valence-corrected chi connectivity index (χ0v) is 8.99. The van der Waals surface area contributed by atoms with Crippen LogP contribution in [0.2, 0.25) is 0 Å². The fourth-order valence-electron chi connectivity index (χ4n) is 1.18. The first kappa shape index (κ1) is 12.1. The first-order chi connectivity index (χ1) is 7.72. The highest BCUT2D eigenvalue weighted by molar-refractivity contribution is 5.81. The standard InChI is InChI=1S/C12H13NO3/c1-16-12-7-9(4-2-3-5-13)10(8-14)6-11(12)15/h6-8,15H,3,5,13H2,1H3. The molecule has 3 N–H and O–H groups in total. The van der Waals surface area contributed by atoms with E-state index in [4.69, 9.17) is 10.5 Å². The number of phenolic OH excluding ortho intramolecular Hbond substituents is 1. The average molecular weight is 219 g/mol. The number of benzene rings is 1. The van der Waals surface area contributed by atoms with Crippen molar-refractivity contribution in [3.05, 3.63) is 23.3 Å². The Balaban J connectivity index is 3.16. The monoisotopic (exact) mass is 219 g/mol. The molecule has 84 valence electrons. The van der Waals surface area contributed by atoms with Gasteiger partial charge in [-0.2, -0.15) is 0 Å². The molecule has 0 aliphatic carbocycles. The van der Waals surface area contributed by atoms with Crippen LogP contribution in [0.4, 0.5) is 0 Å². The van der Waals surface area contributed by atoms with Gasteiger partial charge in [-0.05, 0) is 6.07 Å². The molecule has 1 aromatic rings. The van der Waals surface area contributed by atoms with E-state index in [9.17, 15) is 9.90 Å². The van der Waals surface area contributed by atoms with E-state index in [0.29, 0.717) is 36.1 Å². The summed E-state index contributed by atoms with van der Waals surface area (Å²) in [5.74, 6) is 5.86. The molecule has 0 bridgehead atoms. The summed E-state index contributed by atoms with van der Waals surface area (Å²) in [5.41, 5.74) is 6.17. The van der Waals surface area contributed by atoms with Crippen molar-refractivity contribution in [3.63, 3.8) is 0 Å². The molecule has 4 heteroatoms. The summed E-state index contributed by atoms with van der Waals surface area (Å²) in [7, 11) is 1.44. The maximum Gasteiger partial charge on any atom is 0.161 e. The van der Waals surface area contributed by atoms with Gasteiger partial charge < -0.3 is 15.6 Å². The van der Waals surface area contributed by atoms with E-state index >= 15 is 0 Å². The van der Waals surface area contributed by atoms with Crippen LogP contribution in [0.3, 0.4) is 0 Å². The van der Waals surface area contributed by atoms with E-state index in [1.165, 1.54) is 19.2 Å². The molecular formula is C12H13NO3. The number of ether oxygens (including phenoxy) is 1. The van der Waals surface area contributed by atoms with Gasteiger partial charge in [-0.15, -0.1) is 0 Å². The van der Waals surface area contributed by atoms with Gasteiger partial charge in [-0.3, -0.25) is 4.79 Å². The van der Waals surface area contributed by atoms with Crippen LogP contribution in [0.25, 0.3) is 0 Å². The van der Waals surface area contributed by atoms with Crippen molar-refractivity contribution in [2.24, 2.45) is 5.73 Å². The molecule has 0 heterocycles. The van der Waals surface area contributed by atoms with Crippen LogP contribution in [0.5, 0.6) is 11.5 Å². The largest absolute Gasteiger partial charge is 0.504 e. The van der Waals surface area contributed by atoms with Gasteiger partial charge in [0.1, 0.15) is 0 Å². The van der Waals surface area contributed by atoms with Crippen LogP contribution in [0.15, 0.2) is 12.1 Å². The van der Waals surface area contributed by atoms with Crippen LogP contribution in [0.1, 0.15) is 22.3 Å². The highest BCUT2D eigenvalue weighted by atomic mass is 16.5.